The van der Waals surface area contributed by atoms with Gasteiger partial charge in [-0.15, -0.1) is 0 Å². The molecule has 4 rings (SSSR count). The summed E-state index contributed by atoms with van der Waals surface area (Å²) in [5.74, 6) is 1.80. The lowest BCUT2D eigenvalue weighted by molar-refractivity contribution is -0.115. The fourth-order valence-electron chi connectivity index (χ4n) is 3.46. The van der Waals surface area contributed by atoms with Crippen molar-refractivity contribution in [2.75, 3.05) is 18.5 Å². The van der Waals surface area contributed by atoms with Gasteiger partial charge in [-0.05, 0) is 43.2 Å². The monoisotopic (exact) mass is 323 g/mol. The number of ether oxygens (including phenoxy) is 2. The van der Waals surface area contributed by atoms with Crippen LogP contribution in [-0.2, 0) is 24.1 Å². The second-order valence-electron chi connectivity index (χ2n) is 6.54. The number of fused-ring (bicyclic) bond motifs is 2. The number of carbonyl (C=O) groups is 1. The minimum absolute atomic E-state index is 0.0174. The first-order chi connectivity index (χ1) is 11.6. The zero-order valence-electron chi connectivity index (χ0n) is 14.1. The Morgan fingerprint density at radius 1 is 1.08 bits per heavy atom. The van der Waals surface area contributed by atoms with Gasteiger partial charge < -0.3 is 14.8 Å². The third-order valence-corrected chi connectivity index (χ3v) is 4.89. The van der Waals surface area contributed by atoms with Crippen LogP contribution in [0.4, 0.5) is 5.69 Å². The van der Waals surface area contributed by atoms with Crippen molar-refractivity contribution in [3.63, 3.8) is 0 Å². The molecule has 2 aliphatic heterocycles. The van der Waals surface area contributed by atoms with Crippen molar-refractivity contribution in [3.05, 3.63) is 52.1 Å². The van der Waals surface area contributed by atoms with Crippen LogP contribution in [0.5, 0.6) is 11.5 Å². The minimum atomic E-state index is -0.0174. The van der Waals surface area contributed by atoms with E-state index in [9.17, 15) is 4.79 Å². The van der Waals surface area contributed by atoms with Gasteiger partial charge in [-0.3, -0.25) is 4.79 Å². The summed E-state index contributed by atoms with van der Waals surface area (Å²) in [7, 11) is 0. The molecule has 2 aliphatic rings. The molecule has 4 heteroatoms. The second-order valence-corrected chi connectivity index (χ2v) is 6.54. The highest BCUT2D eigenvalue weighted by Gasteiger charge is 2.27. The highest BCUT2D eigenvalue weighted by molar-refractivity contribution is 5.93. The predicted octanol–water partition coefficient (Wildman–Crippen LogP) is 3.35. The number of rotatable bonds is 3. The van der Waals surface area contributed by atoms with E-state index in [-0.39, 0.29) is 5.91 Å². The van der Waals surface area contributed by atoms with E-state index >= 15 is 0 Å². The van der Waals surface area contributed by atoms with E-state index in [1.165, 1.54) is 11.1 Å². The summed E-state index contributed by atoms with van der Waals surface area (Å²) in [5, 5.41) is 3.01. The van der Waals surface area contributed by atoms with Crippen LogP contribution in [0, 0.1) is 13.8 Å². The molecule has 0 bridgehead atoms. The summed E-state index contributed by atoms with van der Waals surface area (Å²) in [6.45, 7) is 5.48. The van der Waals surface area contributed by atoms with Gasteiger partial charge in [0.15, 0.2) is 0 Å². The van der Waals surface area contributed by atoms with E-state index in [4.69, 9.17) is 9.47 Å². The zero-order valence-corrected chi connectivity index (χ0v) is 14.1. The van der Waals surface area contributed by atoms with Gasteiger partial charge in [0.2, 0.25) is 5.91 Å². The van der Waals surface area contributed by atoms with Crippen LogP contribution in [0.25, 0.3) is 0 Å². The molecule has 2 aromatic rings. The summed E-state index contributed by atoms with van der Waals surface area (Å²) in [6.07, 6.45) is 2.05. The molecule has 0 saturated heterocycles. The fraction of sp³-hybridized carbons (Fsp3) is 0.350. The second kappa shape index (κ2) is 5.86. The summed E-state index contributed by atoms with van der Waals surface area (Å²) >= 11 is 0. The minimum Gasteiger partial charge on any atom is -0.493 e. The Hall–Kier alpha value is -2.49. The molecule has 0 radical (unpaired) electrons. The van der Waals surface area contributed by atoms with Crippen LogP contribution in [0.15, 0.2) is 24.3 Å². The van der Waals surface area contributed by atoms with E-state index in [2.05, 4.69) is 18.3 Å². The zero-order chi connectivity index (χ0) is 16.7. The molecule has 0 spiro atoms. The Morgan fingerprint density at radius 2 is 1.92 bits per heavy atom. The van der Waals surface area contributed by atoms with Crippen molar-refractivity contribution < 1.29 is 14.3 Å². The molecule has 0 saturated carbocycles. The summed E-state index contributed by atoms with van der Waals surface area (Å²) in [6, 6.07) is 8.06. The first-order valence-corrected chi connectivity index (χ1v) is 8.42. The molecule has 124 valence electrons. The fourth-order valence-corrected chi connectivity index (χ4v) is 3.46. The normalized spacial score (nSPS) is 14.6. The Balaban J connectivity index is 1.59. The van der Waals surface area contributed by atoms with E-state index in [0.717, 1.165) is 46.7 Å². The molecule has 0 atom stereocenters. The molecular formula is C20H21NO3. The number of amides is 1. The molecule has 2 heterocycles. The van der Waals surface area contributed by atoms with Crippen LogP contribution in [0.2, 0.25) is 0 Å². The van der Waals surface area contributed by atoms with Crippen molar-refractivity contribution in [1.82, 2.24) is 0 Å². The Morgan fingerprint density at radius 3 is 2.75 bits per heavy atom. The van der Waals surface area contributed by atoms with Gasteiger partial charge in [0.1, 0.15) is 11.5 Å². The van der Waals surface area contributed by atoms with Crippen LogP contribution in [0.1, 0.15) is 27.8 Å². The van der Waals surface area contributed by atoms with E-state index in [1.807, 2.05) is 25.1 Å². The number of benzene rings is 2. The molecule has 2 aromatic carbocycles. The molecule has 0 aliphatic carbocycles. The first-order valence-electron chi connectivity index (χ1n) is 8.42. The smallest absolute Gasteiger partial charge is 0.228 e. The highest BCUT2D eigenvalue weighted by Crippen LogP contribution is 2.40. The first kappa shape index (κ1) is 15.1. The number of carbonyl (C=O) groups excluding carboxylic acids is 1. The lowest BCUT2D eigenvalue weighted by atomic mass is 9.97. The molecule has 4 nitrogen and oxygen atoms in total. The molecule has 0 aromatic heterocycles. The van der Waals surface area contributed by atoms with E-state index in [1.54, 1.807) is 0 Å². The number of nitrogens with one attached hydrogen (secondary N) is 1. The van der Waals surface area contributed by atoms with Gasteiger partial charge >= 0.3 is 0 Å². The average Bonchev–Trinajstić information content (AvgIpc) is 3.19. The summed E-state index contributed by atoms with van der Waals surface area (Å²) in [4.78, 5) is 12.6. The predicted molar refractivity (Wildman–Crippen MR) is 93.1 cm³/mol. The molecule has 0 fully saturated rings. The van der Waals surface area contributed by atoms with Gasteiger partial charge in [0.25, 0.3) is 0 Å². The highest BCUT2D eigenvalue weighted by atomic mass is 16.5. The third-order valence-electron chi connectivity index (χ3n) is 4.89. The summed E-state index contributed by atoms with van der Waals surface area (Å²) in [5.41, 5.74) is 6.52. The molecular weight excluding hydrogens is 302 g/mol. The quantitative estimate of drug-likeness (QED) is 0.942. The maximum atomic E-state index is 12.6. The van der Waals surface area contributed by atoms with Gasteiger partial charge in [0, 0.05) is 35.2 Å². The van der Waals surface area contributed by atoms with Crippen LogP contribution in [0.3, 0.4) is 0 Å². The van der Waals surface area contributed by atoms with Crippen molar-refractivity contribution in [2.24, 2.45) is 0 Å². The Bertz CT molecular complexity index is 794. The SMILES string of the molecule is Cc1ccc(NC(=O)Cc2c3c(cc4c2OCC4)OCC3)cc1C. The average molecular weight is 323 g/mol. The Kier molecular flexibility index (Phi) is 3.68. The van der Waals surface area contributed by atoms with Crippen molar-refractivity contribution in [3.8, 4) is 11.5 Å². The van der Waals surface area contributed by atoms with Gasteiger partial charge in [-0.2, -0.15) is 0 Å². The lowest BCUT2D eigenvalue weighted by Gasteiger charge is -2.13. The van der Waals surface area contributed by atoms with Crippen LogP contribution >= 0.6 is 0 Å². The standard InChI is InChI=1S/C20H21NO3/c1-12-3-4-15(9-13(12)2)21-19(22)11-17-16-6-8-23-18(16)10-14-5-7-24-20(14)17/h3-4,9-10H,5-8,11H2,1-2H3,(H,21,22). The number of hydrogen-bond acceptors (Lipinski definition) is 3. The molecule has 24 heavy (non-hydrogen) atoms. The van der Waals surface area contributed by atoms with Gasteiger partial charge in [-0.25, -0.2) is 0 Å². The topological polar surface area (TPSA) is 47.6 Å². The van der Waals surface area contributed by atoms with E-state index in [0.29, 0.717) is 19.6 Å². The number of hydrogen-bond donors (Lipinski definition) is 1. The summed E-state index contributed by atoms with van der Waals surface area (Å²) < 4.78 is 11.5. The van der Waals surface area contributed by atoms with Gasteiger partial charge in [0.05, 0.1) is 19.6 Å². The van der Waals surface area contributed by atoms with E-state index < -0.39 is 0 Å². The largest absolute Gasteiger partial charge is 0.493 e. The number of anilines is 1. The Labute approximate surface area is 141 Å². The molecule has 1 N–H and O–H groups in total. The third kappa shape index (κ3) is 2.62. The lowest BCUT2D eigenvalue weighted by Crippen LogP contribution is -2.16. The van der Waals surface area contributed by atoms with Crippen molar-refractivity contribution >= 4 is 11.6 Å². The van der Waals surface area contributed by atoms with Crippen molar-refractivity contribution in [1.29, 1.82) is 0 Å². The maximum Gasteiger partial charge on any atom is 0.228 e. The maximum absolute atomic E-state index is 12.6. The molecule has 0 unspecified atom stereocenters. The molecule has 1 amide bonds. The van der Waals surface area contributed by atoms with Crippen molar-refractivity contribution in [2.45, 2.75) is 33.1 Å². The number of aryl methyl sites for hydroxylation is 2. The van der Waals surface area contributed by atoms with Crippen LogP contribution < -0.4 is 14.8 Å². The van der Waals surface area contributed by atoms with Gasteiger partial charge in [-0.1, -0.05) is 6.07 Å². The van der Waals surface area contributed by atoms with Crippen LogP contribution in [-0.4, -0.2) is 19.1 Å².